The maximum Gasteiger partial charge on any atom is 0.282 e. The molecule has 98 valence electrons. The third kappa shape index (κ3) is 3.44. The SMILES string of the molecule is CCCCNC(=O)c1cc(NC)ccc1[N+](=O)[O-]. The van der Waals surface area contributed by atoms with Gasteiger partial charge in [-0.05, 0) is 18.6 Å². The molecule has 0 radical (unpaired) electrons. The zero-order valence-corrected chi connectivity index (χ0v) is 10.5. The van der Waals surface area contributed by atoms with E-state index >= 15 is 0 Å². The van der Waals surface area contributed by atoms with Gasteiger partial charge >= 0.3 is 0 Å². The van der Waals surface area contributed by atoms with Crippen LogP contribution in [0.1, 0.15) is 30.1 Å². The largest absolute Gasteiger partial charge is 0.388 e. The standard InChI is InChI=1S/C12H17N3O3/c1-3-4-7-14-12(16)10-8-9(13-2)5-6-11(10)15(17)18/h5-6,8,13H,3-4,7H2,1-2H3,(H,14,16). The molecule has 0 aromatic heterocycles. The van der Waals surface area contributed by atoms with Crippen LogP contribution >= 0.6 is 0 Å². The summed E-state index contributed by atoms with van der Waals surface area (Å²) in [6.07, 6.45) is 1.81. The Morgan fingerprint density at radius 3 is 2.72 bits per heavy atom. The van der Waals surface area contributed by atoms with Crippen molar-refractivity contribution in [3.05, 3.63) is 33.9 Å². The normalized spacial score (nSPS) is 9.89. The summed E-state index contributed by atoms with van der Waals surface area (Å²) >= 11 is 0. The van der Waals surface area contributed by atoms with E-state index in [0.29, 0.717) is 12.2 Å². The lowest BCUT2D eigenvalue weighted by atomic mass is 10.1. The molecule has 0 heterocycles. The van der Waals surface area contributed by atoms with Gasteiger partial charge in [-0.25, -0.2) is 0 Å². The summed E-state index contributed by atoms with van der Waals surface area (Å²) < 4.78 is 0. The van der Waals surface area contributed by atoms with Crippen LogP contribution in [0.2, 0.25) is 0 Å². The van der Waals surface area contributed by atoms with Gasteiger partial charge in [0.1, 0.15) is 5.56 Å². The predicted octanol–water partition coefficient (Wildman–Crippen LogP) is 2.17. The van der Waals surface area contributed by atoms with Crippen LogP contribution in [-0.2, 0) is 0 Å². The van der Waals surface area contributed by atoms with Gasteiger partial charge in [0.15, 0.2) is 0 Å². The van der Waals surface area contributed by atoms with Crippen LogP contribution in [0, 0.1) is 10.1 Å². The summed E-state index contributed by atoms with van der Waals surface area (Å²) in [5, 5.41) is 16.4. The van der Waals surface area contributed by atoms with E-state index in [4.69, 9.17) is 0 Å². The van der Waals surface area contributed by atoms with E-state index in [2.05, 4.69) is 10.6 Å². The van der Waals surface area contributed by atoms with Crippen molar-refractivity contribution in [2.75, 3.05) is 18.9 Å². The molecule has 0 saturated heterocycles. The number of hydrogen-bond acceptors (Lipinski definition) is 4. The second-order valence-electron chi connectivity index (χ2n) is 3.85. The van der Waals surface area contributed by atoms with Crippen LogP contribution in [0.5, 0.6) is 0 Å². The fourth-order valence-corrected chi connectivity index (χ4v) is 1.51. The average molecular weight is 251 g/mol. The van der Waals surface area contributed by atoms with E-state index < -0.39 is 10.8 Å². The van der Waals surface area contributed by atoms with Crippen LogP contribution in [-0.4, -0.2) is 24.4 Å². The summed E-state index contributed by atoms with van der Waals surface area (Å²) in [4.78, 5) is 22.2. The summed E-state index contributed by atoms with van der Waals surface area (Å²) in [6.45, 7) is 2.53. The molecule has 6 nitrogen and oxygen atoms in total. The number of unbranched alkanes of at least 4 members (excludes halogenated alkanes) is 1. The summed E-state index contributed by atoms with van der Waals surface area (Å²) in [5.74, 6) is -0.410. The summed E-state index contributed by atoms with van der Waals surface area (Å²) in [5.41, 5.74) is 0.576. The second kappa shape index (κ2) is 6.58. The zero-order valence-electron chi connectivity index (χ0n) is 10.5. The van der Waals surface area contributed by atoms with Gasteiger partial charge in [-0.1, -0.05) is 13.3 Å². The van der Waals surface area contributed by atoms with E-state index in [9.17, 15) is 14.9 Å². The van der Waals surface area contributed by atoms with Crippen LogP contribution in [0.3, 0.4) is 0 Å². The Kier molecular flexibility index (Phi) is 5.10. The number of rotatable bonds is 6. The molecule has 1 rings (SSSR count). The number of nitrogens with one attached hydrogen (secondary N) is 2. The third-order valence-electron chi connectivity index (χ3n) is 2.54. The van der Waals surface area contributed by atoms with Crippen molar-refractivity contribution in [1.82, 2.24) is 5.32 Å². The lowest BCUT2D eigenvalue weighted by Crippen LogP contribution is -2.25. The number of benzene rings is 1. The molecule has 2 N–H and O–H groups in total. The molecule has 1 amide bonds. The number of amides is 1. The topological polar surface area (TPSA) is 84.3 Å². The molecule has 6 heteroatoms. The van der Waals surface area contributed by atoms with Gasteiger partial charge in [-0.2, -0.15) is 0 Å². The number of anilines is 1. The number of nitro benzene ring substituents is 1. The molecule has 1 aromatic rings. The minimum absolute atomic E-state index is 0.0861. The van der Waals surface area contributed by atoms with E-state index in [1.54, 1.807) is 13.1 Å². The fraction of sp³-hybridized carbons (Fsp3) is 0.417. The third-order valence-corrected chi connectivity index (χ3v) is 2.54. The van der Waals surface area contributed by atoms with Gasteiger partial charge < -0.3 is 10.6 Å². The molecule has 18 heavy (non-hydrogen) atoms. The number of nitro groups is 1. The van der Waals surface area contributed by atoms with Crippen molar-refractivity contribution in [3.8, 4) is 0 Å². The minimum atomic E-state index is -0.547. The van der Waals surface area contributed by atoms with Gasteiger partial charge in [0.2, 0.25) is 0 Å². The highest BCUT2D eigenvalue weighted by Crippen LogP contribution is 2.22. The van der Waals surface area contributed by atoms with Crippen molar-refractivity contribution in [1.29, 1.82) is 0 Å². The molecular weight excluding hydrogens is 234 g/mol. The smallest absolute Gasteiger partial charge is 0.282 e. The summed E-state index contributed by atoms with van der Waals surface area (Å²) in [6, 6.07) is 4.39. The second-order valence-corrected chi connectivity index (χ2v) is 3.85. The predicted molar refractivity (Wildman–Crippen MR) is 69.9 cm³/mol. The monoisotopic (exact) mass is 251 g/mol. The molecular formula is C12H17N3O3. The molecule has 0 aliphatic carbocycles. The Morgan fingerprint density at radius 1 is 1.44 bits per heavy atom. The van der Waals surface area contributed by atoms with Gasteiger partial charge in [0.25, 0.3) is 11.6 Å². The first-order valence-corrected chi connectivity index (χ1v) is 5.84. The van der Waals surface area contributed by atoms with Crippen molar-refractivity contribution in [2.45, 2.75) is 19.8 Å². The van der Waals surface area contributed by atoms with Crippen LogP contribution < -0.4 is 10.6 Å². The lowest BCUT2D eigenvalue weighted by molar-refractivity contribution is -0.385. The molecule has 0 atom stereocenters. The Bertz CT molecular complexity index is 446. The number of nitrogens with zero attached hydrogens (tertiary/aromatic N) is 1. The molecule has 0 bridgehead atoms. The van der Waals surface area contributed by atoms with E-state index in [0.717, 1.165) is 12.8 Å². The number of carbonyl (C=O) groups is 1. The molecule has 0 saturated carbocycles. The fourth-order valence-electron chi connectivity index (χ4n) is 1.51. The first-order valence-electron chi connectivity index (χ1n) is 5.84. The Labute approximate surface area is 106 Å². The van der Waals surface area contributed by atoms with Crippen LogP contribution in [0.15, 0.2) is 18.2 Å². The number of carbonyl (C=O) groups excluding carboxylic acids is 1. The first-order chi connectivity index (χ1) is 8.60. The van der Waals surface area contributed by atoms with Crippen molar-refractivity contribution >= 4 is 17.3 Å². The van der Waals surface area contributed by atoms with Gasteiger partial charge in [0, 0.05) is 25.3 Å². The molecule has 0 aliphatic rings. The maximum atomic E-state index is 11.9. The van der Waals surface area contributed by atoms with E-state index in [-0.39, 0.29) is 11.3 Å². The molecule has 0 spiro atoms. The molecule has 0 aliphatic heterocycles. The average Bonchev–Trinajstić information content (AvgIpc) is 2.38. The molecule has 1 aromatic carbocycles. The quantitative estimate of drug-likeness (QED) is 0.461. The Balaban J connectivity index is 2.96. The van der Waals surface area contributed by atoms with Crippen LogP contribution in [0.4, 0.5) is 11.4 Å². The van der Waals surface area contributed by atoms with Crippen molar-refractivity contribution < 1.29 is 9.72 Å². The zero-order chi connectivity index (χ0) is 13.5. The van der Waals surface area contributed by atoms with Crippen LogP contribution in [0.25, 0.3) is 0 Å². The van der Waals surface area contributed by atoms with Crippen molar-refractivity contribution in [2.24, 2.45) is 0 Å². The van der Waals surface area contributed by atoms with Gasteiger partial charge in [0.05, 0.1) is 4.92 Å². The first kappa shape index (κ1) is 14.0. The van der Waals surface area contributed by atoms with Gasteiger partial charge in [-0.15, -0.1) is 0 Å². The van der Waals surface area contributed by atoms with Crippen molar-refractivity contribution in [3.63, 3.8) is 0 Å². The highest BCUT2D eigenvalue weighted by molar-refractivity contribution is 5.99. The maximum absolute atomic E-state index is 11.9. The Morgan fingerprint density at radius 2 is 2.17 bits per heavy atom. The van der Waals surface area contributed by atoms with E-state index in [1.165, 1.54) is 12.1 Å². The molecule has 0 fully saturated rings. The highest BCUT2D eigenvalue weighted by Gasteiger charge is 2.20. The summed E-state index contributed by atoms with van der Waals surface area (Å²) in [7, 11) is 1.69. The highest BCUT2D eigenvalue weighted by atomic mass is 16.6. The number of hydrogen-bond donors (Lipinski definition) is 2. The minimum Gasteiger partial charge on any atom is -0.388 e. The van der Waals surface area contributed by atoms with E-state index in [1.807, 2.05) is 6.92 Å². The Hall–Kier alpha value is -2.11. The molecule has 0 unspecified atom stereocenters. The van der Waals surface area contributed by atoms with Gasteiger partial charge in [-0.3, -0.25) is 14.9 Å². The lowest BCUT2D eigenvalue weighted by Gasteiger charge is -2.07.